The molecule has 0 radical (unpaired) electrons. The van der Waals surface area contributed by atoms with Gasteiger partial charge in [0.2, 0.25) is 5.82 Å². The highest BCUT2D eigenvalue weighted by molar-refractivity contribution is 6.30. The number of carbonyl (C=O) groups is 1. The Balaban J connectivity index is 1.68. The molecule has 0 aliphatic rings. The maximum atomic E-state index is 12.0. The Morgan fingerprint density at radius 3 is 2.83 bits per heavy atom. The van der Waals surface area contributed by atoms with Crippen LogP contribution < -0.4 is 0 Å². The number of aryl methyl sites for hydroxylation is 1. The first-order valence-electron chi connectivity index (χ1n) is 6.95. The average molecular weight is 329 g/mol. The number of esters is 1. The van der Waals surface area contributed by atoms with Crippen LogP contribution in [0.25, 0.3) is 11.4 Å². The van der Waals surface area contributed by atoms with E-state index in [0.717, 1.165) is 11.1 Å². The number of aromatic nitrogens is 2. The monoisotopic (exact) mass is 328 g/mol. The van der Waals surface area contributed by atoms with Crippen LogP contribution in [0.3, 0.4) is 0 Å². The Kier molecular flexibility index (Phi) is 4.39. The van der Waals surface area contributed by atoms with E-state index in [1.807, 2.05) is 25.1 Å². The zero-order valence-corrected chi connectivity index (χ0v) is 13.1. The second kappa shape index (κ2) is 6.62. The lowest BCUT2D eigenvalue weighted by molar-refractivity contribution is 0.0429. The minimum atomic E-state index is -0.425. The number of ether oxygens (including phenoxy) is 1. The molecule has 0 spiro atoms. The summed E-state index contributed by atoms with van der Waals surface area (Å²) in [6.45, 7) is 1.77. The van der Waals surface area contributed by atoms with Crippen LogP contribution in [-0.2, 0) is 11.3 Å². The van der Waals surface area contributed by atoms with Crippen LogP contribution in [0.4, 0.5) is 0 Å². The second-order valence-electron chi connectivity index (χ2n) is 4.91. The van der Waals surface area contributed by atoms with Crippen molar-refractivity contribution in [3.05, 3.63) is 70.6 Å². The molecular formula is C17H13ClN2O3. The van der Waals surface area contributed by atoms with Gasteiger partial charge in [-0.25, -0.2) is 4.79 Å². The normalized spacial score (nSPS) is 10.5. The molecule has 0 bridgehead atoms. The standard InChI is InChI=1S/C17H13ClN2O3/c1-11-5-2-3-8-14(11)17(21)22-10-15-19-16(20-23-15)12-6-4-7-13(18)9-12/h2-9H,10H2,1H3. The van der Waals surface area contributed by atoms with Gasteiger partial charge in [-0.15, -0.1) is 0 Å². The van der Waals surface area contributed by atoms with Gasteiger partial charge < -0.3 is 9.26 Å². The number of nitrogens with zero attached hydrogens (tertiary/aromatic N) is 2. The van der Waals surface area contributed by atoms with Crippen molar-refractivity contribution in [1.29, 1.82) is 0 Å². The highest BCUT2D eigenvalue weighted by Crippen LogP contribution is 2.20. The van der Waals surface area contributed by atoms with Crippen molar-refractivity contribution < 1.29 is 14.1 Å². The third-order valence-corrected chi connectivity index (χ3v) is 3.48. The molecule has 0 aliphatic heterocycles. The summed E-state index contributed by atoms with van der Waals surface area (Å²) in [5.74, 6) is 0.196. The molecule has 0 saturated heterocycles. The Morgan fingerprint density at radius 2 is 2.04 bits per heavy atom. The minimum absolute atomic E-state index is 0.0826. The summed E-state index contributed by atoms with van der Waals surface area (Å²) in [7, 11) is 0. The van der Waals surface area contributed by atoms with Gasteiger partial charge >= 0.3 is 5.97 Å². The predicted molar refractivity (Wildman–Crippen MR) is 85.0 cm³/mol. The van der Waals surface area contributed by atoms with E-state index in [2.05, 4.69) is 10.1 Å². The lowest BCUT2D eigenvalue weighted by atomic mass is 10.1. The van der Waals surface area contributed by atoms with E-state index in [4.69, 9.17) is 20.9 Å². The topological polar surface area (TPSA) is 65.2 Å². The zero-order chi connectivity index (χ0) is 16.2. The van der Waals surface area contributed by atoms with E-state index in [1.54, 1.807) is 30.3 Å². The maximum absolute atomic E-state index is 12.0. The lowest BCUT2D eigenvalue weighted by Gasteiger charge is -2.04. The van der Waals surface area contributed by atoms with Crippen molar-refractivity contribution in [3.8, 4) is 11.4 Å². The molecule has 3 rings (SSSR count). The van der Waals surface area contributed by atoms with Gasteiger partial charge in [0.05, 0.1) is 5.56 Å². The SMILES string of the molecule is Cc1ccccc1C(=O)OCc1nc(-c2cccc(Cl)c2)no1. The van der Waals surface area contributed by atoms with Crippen LogP contribution >= 0.6 is 11.6 Å². The summed E-state index contributed by atoms with van der Waals surface area (Å²) in [6, 6.07) is 14.3. The highest BCUT2D eigenvalue weighted by atomic mass is 35.5. The summed E-state index contributed by atoms with van der Waals surface area (Å²) < 4.78 is 10.3. The molecule has 0 atom stereocenters. The lowest BCUT2D eigenvalue weighted by Crippen LogP contribution is -2.07. The van der Waals surface area contributed by atoms with E-state index >= 15 is 0 Å². The molecule has 2 aromatic carbocycles. The molecule has 116 valence electrons. The summed E-state index contributed by atoms with van der Waals surface area (Å²) in [5.41, 5.74) is 2.10. The molecule has 1 heterocycles. The molecule has 3 aromatic rings. The third-order valence-electron chi connectivity index (χ3n) is 3.24. The van der Waals surface area contributed by atoms with Crippen LogP contribution in [0.15, 0.2) is 53.1 Å². The summed E-state index contributed by atoms with van der Waals surface area (Å²) in [5, 5.41) is 4.44. The summed E-state index contributed by atoms with van der Waals surface area (Å²) >= 11 is 5.93. The highest BCUT2D eigenvalue weighted by Gasteiger charge is 2.13. The van der Waals surface area contributed by atoms with Crippen LogP contribution in [0.2, 0.25) is 5.02 Å². The quantitative estimate of drug-likeness (QED) is 0.676. The molecule has 0 aliphatic carbocycles. The van der Waals surface area contributed by atoms with Gasteiger partial charge in [-0.05, 0) is 30.7 Å². The first-order chi connectivity index (χ1) is 11.1. The number of hydrogen-bond donors (Lipinski definition) is 0. The fraction of sp³-hybridized carbons (Fsp3) is 0.118. The summed E-state index contributed by atoms with van der Waals surface area (Å²) in [4.78, 5) is 16.2. The number of hydrogen-bond acceptors (Lipinski definition) is 5. The molecule has 0 amide bonds. The number of halogens is 1. The van der Waals surface area contributed by atoms with E-state index in [1.165, 1.54) is 0 Å². The van der Waals surface area contributed by atoms with Crippen LogP contribution in [0.1, 0.15) is 21.8 Å². The molecule has 0 unspecified atom stereocenters. The van der Waals surface area contributed by atoms with Crippen LogP contribution in [0.5, 0.6) is 0 Å². The van der Waals surface area contributed by atoms with Crippen molar-refractivity contribution in [1.82, 2.24) is 10.1 Å². The molecule has 1 aromatic heterocycles. The van der Waals surface area contributed by atoms with Crippen molar-refractivity contribution in [3.63, 3.8) is 0 Å². The first-order valence-corrected chi connectivity index (χ1v) is 7.32. The Hall–Kier alpha value is -2.66. The Bertz CT molecular complexity index is 845. The Labute approximate surface area is 137 Å². The first kappa shape index (κ1) is 15.2. The van der Waals surface area contributed by atoms with Crippen molar-refractivity contribution in [2.75, 3.05) is 0 Å². The summed E-state index contributed by atoms with van der Waals surface area (Å²) in [6.07, 6.45) is 0. The van der Waals surface area contributed by atoms with Gasteiger partial charge in [-0.1, -0.05) is 47.1 Å². The van der Waals surface area contributed by atoms with Crippen LogP contribution in [0, 0.1) is 6.92 Å². The smallest absolute Gasteiger partial charge is 0.338 e. The number of benzene rings is 2. The van der Waals surface area contributed by atoms with Crippen molar-refractivity contribution >= 4 is 17.6 Å². The van der Waals surface area contributed by atoms with Crippen LogP contribution in [-0.4, -0.2) is 16.1 Å². The van der Waals surface area contributed by atoms with Gasteiger partial charge in [0.15, 0.2) is 6.61 Å². The van der Waals surface area contributed by atoms with Gasteiger partial charge in [0.1, 0.15) is 0 Å². The fourth-order valence-corrected chi connectivity index (χ4v) is 2.26. The predicted octanol–water partition coefficient (Wildman–Crippen LogP) is 4.06. The van der Waals surface area contributed by atoms with E-state index in [0.29, 0.717) is 16.4 Å². The molecule has 0 N–H and O–H groups in total. The maximum Gasteiger partial charge on any atom is 0.338 e. The molecular weight excluding hydrogens is 316 g/mol. The average Bonchev–Trinajstić information content (AvgIpc) is 3.02. The van der Waals surface area contributed by atoms with Gasteiger partial charge in [0, 0.05) is 10.6 Å². The number of rotatable bonds is 4. The largest absolute Gasteiger partial charge is 0.452 e. The fourth-order valence-electron chi connectivity index (χ4n) is 2.07. The van der Waals surface area contributed by atoms with E-state index in [9.17, 15) is 4.79 Å². The van der Waals surface area contributed by atoms with E-state index < -0.39 is 5.97 Å². The molecule has 6 heteroatoms. The second-order valence-corrected chi connectivity index (χ2v) is 5.35. The zero-order valence-electron chi connectivity index (χ0n) is 12.3. The number of carbonyl (C=O) groups excluding carboxylic acids is 1. The van der Waals surface area contributed by atoms with Crippen molar-refractivity contribution in [2.24, 2.45) is 0 Å². The van der Waals surface area contributed by atoms with Gasteiger partial charge in [0.25, 0.3) is 5.89 Å². The molecule has 5 nitrogen and oxygen atoms in total. The van der Waals surface area contributed by atoms with Crippen molar-refractivity contribution in [2.45, 2.75) is 13.5 Å². The molecule has 23 heavy (non-hydrogen) atoms. The van der Waals surface area contributed by atoms with Gasteiger partial charge in [-0.3, -0.25) is 0 Å². The molecule has 0 saturated carbocycles. The van der Waals surface area contributed by atoms with E-state index in [-0.39, 0.29) is 12.5 Å². The third kappa shape index (κ3) is 3.57. The minimum Gasteiger partial charge on any atom is -0.452 e. The Morgan fingerprint density at radius 1 is 1.22 bits per heavy atom. The molecule has 0 fully saturated rings. The van der Waals surface area contributed by atoms with Gasteiger partial charge in [-0.2, -0.15) is 4.98 Å².